The Morgan fingerprint density at radius 1 is 1.14 bits per heavy atom. The first kappa shape index (κ1) is 17.0. The van der Waals surface area contributed by atoms with E-state index < -0.39 is 8.32 Å². The van der Waals surface area contributed by atoms with Crippen LogP contribution < -0.4 is 0 Å². The van der Waals surface area contributed by atoms with Gasteiger partial charge in [-0.15, -0.1) is 0 Å². The molecule has 2 aliphatic rings. The van der Waals surface area contributed by atoms with Crippen LogP contribution in [0.1, 0.15) is 67.2 Å². The van der Waals surface area contributed by atoms with Gasteiger partial charge in [-0.05, 0) is 47.2 Å². The molecule has 0 bridgehead atoms. The van der Waals surface area contributed by atoms with Gasteiger partial charge in [-0.2, -0.15) is 5.26 Å². The maximum atomic E-state index is 9.37. The highest BCUT2D eigenvalue weighted by Crippen LogP contribution is 2.66. The van der Waals surface area contributed by atoms with Gasteiger partial charge in [0.2, 0.25) is 0 Å². The van der Waals surface area contributed by atoms with Gasteiger partial charge < -0.3 is 4.43 Å². The van der Waals surface area contributed by atoms with Crippen molar-refractivity contribution in [1.29, 1.82) is 5.26 Å². The van der Waals surface area contributed by atoms with Crippen LogP contribution in [0, 0.1) is 28.6 Å². The molecule has 0 aromatic rings. The zero-order chi connectivity index (χ0) is 15.8. The van der Waals surface area contributed by atoms with E-state index in [9.17, 15) is 5.26 Å². The molecular weight excluding hydrogens is 274 g/mol. The molecule has 0 heterocycles. The van der Waals surface area contributed by atoms with Gasteiger partial charge in [-0.25, -0.2) is 0 Å². The maximum absolute atomic E-state index is 9.37. The Balaban J connectivity index is 2.03. The van der Waals surface area contributed by atoms with E-state index in [0.29, 0.717) is 33.9 Å². The highest BCUT2D eigenvalue weighted by Gasteiger charge is 2.61. The van der Waals surface area contributed by atoms with Crippen LogP contribution >= 0.6 is 0 Å². The van der Waals surface area contributed by atoms with Gasteiger partial charge in [-0.3, -0.25) is 0 Å². The Morgan fingerprint density at radius 3 is 2.19 bits per heavy atom. The number of rotatable bonds is 6. The smallest absolute Gasteiger partial charge is 0.200 e. The van der Waals surface area contributed by atoms with Gasteiger partial charge in [0, 0.05) is 6.61 Å². The average molecular weight is 308 g/mol. The second-order valence-corrected chi connectivity index (χ2v) is 13.8. The lowest BCUT2D eigenvalue weighted by atomic mass is 9.92. The molecule has 120 valence electrons. The Morgan fingerprint density at radius 2 is 1.71 bits per heavy atom. The number of hydrogen-bond donors (Lipinski definition) is 0. The van der Waals surface area contributed by atoms with Gasteiger partial charge in [0.25, 0.3) is 0 Å². The number of nitrogens with zero attached hydrogens (tertiary/aromatic N) is 1. The monoisotopic (exact) mass is 307 g/mol. The van der Waals surface area contributed by atoms with Gasteiger partial charge in [-0.1, -0.05) is 48.0 Å². The second kappa shape index (κ2) is 6.05. The van der Waals surface area contributed by atoms with E-state index in [1.165, 1.54) is 19.3 Å². The Labute approximate surface area is 132 Å². The molecule has 2 fully saturated rings. The number of hydrogen-bond acceptors (Lipinski definition) is 2. The van der Waals surface area contributed by atoms with Crippen molar-refractivity contribution >= 4 is 8.32 Å². The van der Waals surface area contributed by atoms with Gasteiger partial charge in [0.15, 0.2) is 8.32 Å². The van der Waals surface area contributed by atoms with Crippen molar-refractivity contribution in [1.82, 2.24) is 0 Å². The highest BCUT2D eigenvalue weighted by molar-refractivity contribution is 6.77. The predicted octanol–water partition coefficient (Wildman–Crippen LogP) is 5.51. The van der Waals surface area contributed by atoms with Crippen molar-refractivity contribution in [3.8, 4) is 6.07 Å². The van der Waals surface area contributed by atoms with E-state index in [1.807, 2.05) is 0 Å². The minimum atomic E-state index is -1.73. The second-order valence-electron chi connectivity index (χ2n) is 8.34. The largest absolute Gasteiger partial charge is 0.416 e. The van der Waals surface area contributed by atoms with E-state index in [1.54, 1.807) is 0 Å². The third-order valence-electron chi connectivity index (χ3n) is 6.51. The van der Waals surface area contributed by atoms with Crippen molar-refractivity contribution in [2.45, 2.75) is 83.8 Å². The van der Waals surface area contributed by atoms with E-state index >= 15 is 0 Å². The molecule has 0 aliphatic heterocycles. The van der Waals surface area contributed by atoms with E-state index in [4.69, 9.17) is 4.43 Å². The quantitative estimate of drug-likeness (QED) is 0.606. The zero-order valence-electron chi connectivity index (χ0n) is 14.8. The highest BCUT2D eigenvalue weighted by atomic mass is 28.4. The summed E-state index contributed by atoms with van der Waals surface area (Å²) >= 11 is 0. The molecule has 2 saturated carbocycles. The summed E-state index contributed by atoms with van der Waals surface area (Å²) in [6.07, 6.45) is 4.87. The van der Waals surface area contributed by atoms with Crippen LogP contribution in [-0.4, -0.2) is 14.9 Å². The minimum absolute atomic E-state index is 0.305. The molecule has 2 aliphatic carbocycles. The Hall–Kier alpha value is -0.333. The van der Waals surface area contributed by atoms with Crippen LogP contribution in [-0.2, 0) is 4.43 Å². The molecule has 0 radical (unpaired) electrons. The first-order chi connectivity index (χ1) is 9.81. The standard InChI is InChI=1S/C18H33NOSi/c1-13(2)21(14(3)4,15(5)6)20-12-17-10-18(17)9-7-8-16(18)11-19/h13-17H,7-10,12H2,1-6H3/t16?,17-,18-/m0/s1. The van der Waals surface area contributed by atoms with E-state index in [0.717, 1.165) is 13.0 Å². The van der Waals surface area contributed by atoms with Crippen molar-refractivity contribution < 1.29 is 4.43 Å². The summed E-state index contributed by atoms with van der Waals surface area (Å²) in [5, 5.41) is 9.37. The Kier molecular flexibility index (Phi) is 4.90. The fourth-order valence-electron chi connectivity index (χ4n) is 5.39. The van der Waals surface area contributed by atoms with Crippen molar-refractivity contribution in [3.63, 3.8) is 0 Å². The normalized spacial score (nSPS) is 32.4. The molecule has 0 saturated heterocycles. The lowest BCUT2D eigenvalue weighted by molar-refractivity contribution is 0.232. The van der Waals surface area contributed by atoms with Crippen LogP contribution in [0.3, 0.4) is 0 Å². The SMILES string of the molecule is CC(C)[Si](OC[C@@H]1C[C@]12CCCC2C#N)(C(C)C)C(C)C. The van der Waals surface area contributed by atoms with Crippen LogP contribution in [0.25, 0.3) is 0 Å². The van der Waals surface area contributed by atoms with Crippen LogP contribution in [0.5, 0.6) is 0 Å². The first-order valence-electron chi connectivity index (χ1n) is 8.84. The molecule has 2 nitrogen and oxygen atoms in total. The van der Waals surface area contributed by atoms with E-state index in [2.05, 4.69) is 47.6 Å². The summed E-state index contributed by atoms with van der Waals surface area (Å²) in [6.45, 7) is 15.0. The lowest BCUT2D eigenvalue weighted by Crippen LogP contribution is -2.48. The van der Waals surface area contributed by atoms with Crippen LogP contribution in [0.4, 0.5) is 0 Å². The third-order valence-corrected chi connectivity index (χ3v) is 12.6. The summed E-state index contributed by atoms with van der Waals surface area (Å²) in [6, 6.07) is 2.57. The van der Waals surface area contributed by atoms with Crippen molar-refractivity contribution in [3.05, 3.63) is 0 Å². The summed E-state index contributed by atoms with van der Waals surface area (Å²) in [5.74, 6) is 0.965. The molecule has 3 heteroatoms. The summed E-state index contributed by atoms with van der Waals surface area (Å²) in [7, 11) is -1.73. The molecule has 2 rings (SSSR count). The summed E-state index contributed by atoms with van der Waals surface area (Å²) in [5.41, 5.74) is 2.31. The average Bonchev–Trinajstić information content (AvgIpc) is 2.92. The van der Waals surface area contributed by atoms with Gasteiger partial charge in [0.1, 0.15) is 0 Å². The topological polar surface area (TPSA) is 33.0 Å². The minimum Gasteiger partial charge on any atom is -0.416 e. The lowest BCUT2D eigenvalue weighted by Gasteiger charge is -2.42. The maximum Gasteiger partial charge on any atom is 0.200 e. The van der Waals surface area contributed by atoms with Crippen molar-refractivity contribution in [2.75, 3.05) is 6.61 Å². The van der Waals surface area contributed by atoms with Crippen LogP contribution in [0.15, 0.2) is 0 Å². The molecule has 3 atom stereocenters. The third kappa shape index (κ3) is 2.70. The summed E-state index contributed by atoms with van der Waals surface area (Å²) in [4.78, 5) is 0. The van der Waals surface area contributed by atoms with Gasteiger partial charge >= 0.3 is 0 Å². The molecule has 21 heavy (non-hydrogen) atoms. The Bertz CT molecular complexity index is 390. The fraction of sp³-hybridized carbons (Fsp3) is 0.944. The fourth-order valence-corrected chi connectivity index (χ4v) is 10.9. The van der Waals surface area contributed by atoms with Crippen LogP contribution in [0.2, 0.25) is 16.6 Å². The van der Waals surface area contributed by atoms with Gasteiger partial charge in [0.05, 0.1) is 12.0 Å². The summed E-state index contributed by atoms with van der Waals surface area (Å²) < 4.78 is 6.75. The molecule has 0 N–H and O–H groups in total. The number of nitriles is 1. The molecule has 0 amide bonds. The first-order valence-corrected chi connectivity index (χ1v) is 11.0. The zero-order valence-corrected chi connectivity index (χ0v) is 15.8. The molecule has 0 aromatic carbocycles. The predicted molar refractivity (Wildman–Crippen MR) is 90.5 cm³/mol. The molecule has 0 aromatic heterocycles. The molecular formula is C18H33NOSi. The van der Waals surface area contributed by atoms with Crippen molar-refractivity contribution in [2.24, 2.45) is 17.3 Å². The molecule has 1 spiro atoms. The van der Waals surface area contributed by atoms with E-state index in [-0.39, 0.29) is 0 Å². The molecule has 1 unspecified atom stereocenters.